The molecule has 0 aromatic rings. The van der Waals surface area contributed by atoms with Gasteiger partial charge in [-0.3, -0.25) is 0 Å². The Hall–Kier alpha value is -0.920. The molecule has 0 aliphatic carbocycles. The minimum Gasteiger partial charge on any atom is -0.448 e. The first-order valence-electron chi connectivity index (χ1n) is 9.39. The van der Waals surface area contributed by atoms with Crippen LogP contribution in [-0.4, -0.2) is 0 Å². The molecule has 0 atom stereocenters. The summed E-state index contributed by atoms with van der Waals surface area (Å²) >= 11 is 0. The fraction of sp³-hybridized carbons (Fsp3) is 0.800. The van der Waals surface area contributed by atoms with Crippen LogP contribution >= 0.6 is 0 Å². The van der Waals surface area contributed by atoms with Crippen LogP contribution in [0.5, 0.6) is 0 Å². The Morgan fingerprint density at radius 2 is 1.41 bits per heavy atom. The lowest BCUT2D eigenvalue weighted by molar-refractivity contribution is 0.359. The van der Waals surface area contributed by atoms with Crippen molar-refractivity contribution in [3.8, 4) is 0 Å². The highest BCUT2D eigenvalue weighted by Gasteiger charge is 2.26. The maximum Gasteiger partial charge on any atom is 0.189 e. The molecule has 0 saturated carbocycles. The summed E-state index contributed by atoms with van der Waals surface area (Å²) in [5.41, 5.74) is 1.34. The van der Waals surface area contributed by atoms with E-state index in [1.165, 1.54) is 82.7 Å². The fourth-order valence-corrected chi connectivity index (χ4v) is 3.03. The van der Waals surface area contributed by atoms with Crippen molar-refractivity contribution in [2.24, 2.45) is 5.41 Å². The van der Waals surface area contributed by atoms with Crippen LogP contribution in [0.15, 0.2) is 24.4 Å². The summed E-state index contributed by atoms with van der Waals surface area (Å²) in [4.78, 5) is 0. The third-order valence-corrected chi connectivity index (χ3v) is 4.73. The number of hydrogen-bond acceptors (Lipinski definition) is 2. The normalized spacial score (nSPS) is 14.7. The predicted octanol–water partition coefficient (Wildman–Crippen LogP) is 6.65. The number of unbranched alkanes of at least 4 members (excludes halogenated alkanes) is 10. The van der Waals surface area contributed by atoms with Gasteiger partial charge in [0.05, 0.1) is 5.70 Å². The van der Waals surface area contributed by atoms with Crippen molar-refractivity contribution < 1.29 is 4.74 Å². The van der Waals surface area contributed by atoms with Gasteiger partial charge in [0.25, 0.3) is 0 Å². The molecule has 0 bridgehead atoms. The van der Waals surface area contributed by atoms with E-state index in [2.05, 4.69) is 32.7 Å². The van der Waals surface area contributed by atoms with Gasteiger partial charge in [-0.1, -0.05) is 91.4 Å². The SMILES string of the molecule is C=C1NC(C(C)(C)CCCCCCCCCCCCC)=CO1. The van der Waals surface area contributed by atoms with E-state index < -0.39 is 0 Å². The molecule has 0 amide bonds. The van der Waals surface area contributed by atoms with Gasteiger partial charge in [-0.15, -0.1) is 0 Å². The Morgan fingerprint density at radius 1 is 0.909 bits per heavy atom. The molecule has 0 spiro atoms. The molecule has 1 aliphatic rings. The van der Waals surface area contributed by atoms with Gasteiger partial charge >= 0.3 is 0 Å². The van der Waals surface area contributed by atoms with Gasteiger partial charge in [0.1, 0.15) is 6.26 Å². The van der Waals surface area contributed by atoms with Crippen LogP contribution in [0.3, 0.4) is 0 Å². The molecule has 0 saturated heterocycles. The molecule has 2 nitrogen and oxygen atoms in total. The topological polar surface area (TPSA) is 21.3 Å². The molecule has 22 heavy (non-hydrogen) atoms. The maximum atomic E-state index is 5.29. The molecule has 128 valence electrons. The second-order valence-corrected chi connectivity index (χ2v) is 7.37. The minimum atomic E-state index is 0.165. The largest absolute Gasteiger partial charge is 0.448 e. The molecule has 0 radical (unpaired) electrons. The fourth-order valence-electron chi connectivity index (χ4n) is 3.03. The van der Waals surface area contributed by atoms with Gasteiger partial charge in [-0.2, -0.15) is 0 Å². The molecule has 0 aromatic heterocycles. The number of rotatable bonds is 13. The van der Waals surface area contributed by atoms with Crippen molar-refractivity contribution in [3.05, 3.63) is 24.4 Å². The molecule has 1 heterocycles. The van der Waals surface area contributed by atoms with E-state index >= 15 is 0 Å². The zero-order valence-electron chi connectivity index (χ0n) is 15.2. The quantitative estimate of drug-likeness (QED) is 0.385. The molecular formula is C20H37NO. The lowest BCUT2D eigenvalue weighted by atomic mass is 9.84. The summed E-state index contributed by atoms with van der Waals surface area (Å²) in [7, 11) is 0. The Morgan fingerprint density at radius 3 is 1.86 bits per heavy atom. The first-order valence-corrected chi connectivity index (χ1v) is 9.39. The van der Waals surface area contributed by atoms with E-state index in [1.54, 1.807) is 0 Å². The lowest BCUT2D eigenvalue weighted by Crippen LogP contribution is -2.22. The summed E-state index contributed by atoms with van der Waals surface area (Å²) in [5.74, 6) is 0.655. The van der Waals surface area contributed by atoms with Crippen molar-refractivity contribution in [2.75, 3.05) is 0 Å². The van der Waals surface area contributed by atoms with Crippen LogP contribution < -0.4 is 5.32 Å². The first kappa shape index (κ1) is 19.1. The zero-order valence-corrected chi connectivity index (χ0v) is 15.2. The Labute approximate surface area is 138 Å². The smallest absolute Gasteiger partial charge is 0.189 e. The molecule has 0 fully saturated rings. The average molecular weight is 308 g/mol. The summed E-state index contributed by atoms with van der Waals surface area (Å²) in [6.07, 6.45) is 18.4. The number of allylic oxidation sites excluding steroid dienone is 1. The van der Waals surface area contributed by atoms with Crippen molar-refractivity contribution >= 4 is 0 Å². The second-order valence-electron chi connectivity index (χ2n) is 7.37. The van der Waals surface area contributed by atoms with Crippen molar-refractivity contribution in [1.29, 1.82) is 0 Å². The standard InChI is InChI=1S/C20H37NO/c1-5-6-7-8-9-10-11-12-13-14-15-16-20(3,4)19-17-22-18(2)21-19/h17,21H,2,5-16H2,1,3-4H3. The van der Waals surface area contributed by atoms with Crippen LogP contribution in [0, 0.1) is 5.41 Å². The molecule has 0 unspecified atom stereocenters. The Bertz CT molecular complexity index is 344. The Kier molecular flexibility index (Phi) is 9.34. The van der Waals surface area contributed by atoms with E-state index in [0.29, 0.717) is 5.88 Å². The van der Waals surface area contributed by atoms with E-state index in [4.69, 9.17) is 4.74 Å². The molecule has 1 N–H and O–H groups in total. The minimum absolute atomic E-state index is 0.165. The van der Waals surface area contributed by atoms with E-state index in [-0.39, 0.29) is 5.41 Å². The lowest BCUT2D eigenvalue weighted by Gasteiger charge is -2.25. The van der Waals surface area contributed by atoms with Crippen molar-refractivity contribution in [1.82, 2.24) is 5.32 Å². The summed E-state index contributed by atoms with van der Waals surface area (Å²) in [5, 5.41) is 3.23. The summed E-state index contributed by atoms with van der Waals surface area (Å²) in [6.45, 7) is 10.6. The molecule has 1 aliphatic heterocycles. The second kappa shape index (κ2) is 10.7. The average Bonchev–Trinajstić information content (AvgIpc) is 2.92. The summed E-state index contributed by atoms with van der Waals surface area (Å²) < 4.78 is 5.29. The van der Waals surface area contributed by atoms with E-state index in [1.807, 2.05) is 6.26 Å². The van der Waals surface area contributed by atoms with Crippen LogP contribution in [0.1, 0.15) is 97.8 Å². The van der Waals surface area contributed by atoms with Crippen LogP contribution in [0.4, 0.5) is 0 Å². The van der Waals surface area contributed by atoms with Crippen molar-refractivity contribution in [2.45, 2.75) is 97.8 Å². The highest BCUT2D eigenvalue weighted by atomic mass is 16.5. The highest BCUT2D eigenvalue weighted by Crippen LogP contribution is 2.33. The number of hydrogen-bond donors (Lipinski definition) is 1. The Balaban J connectivity index is 1.94. The van der Waals surface area contributed by atoms with Gasteiger partial charge < -0.3 is 10.1 Å². The molecular weight excluding hydrogens is 270 g/mol. The van der Waals surface area contributed by atoms with Crippen LogP contribution in [0.25, 0.3) is 0 Å². The van der Waals surface area contributed by atoms with Gasteiger partial charge in [0.15, 0.2) is 5.88 Å². The molecule has 2 heteroatoms. The predicted molar refractivity (Wildman–Crippen MR) is 96.3 cm³/mol. The van der Waals surface area contributed by atoms with Crippen LogP contribution in [0.2, 0.25) is 0 Å². The number of ether oxygens (including phenoxy) is 1. The summed E-state index contributed by atoms with van der Waals surface area (Å²) in [6, 6.07) is 0. The monoisotopic (exact) mass is 307 g/mol. The van der Waals surface area contributed by atoms with E-state index in [0.717, 1.165) is 0 Å². The first-order chi connectivity index (χ1) is 10.6. The third-order valence-electron chi connectivity index (χ3n) is 4.73. The third kappa shape index (κ3) is 7.91. The van der Waals surface area contributed by atoms with Gasteiger partial charge in [0, 0.05) is 5.41 Å². The maximum absolute atomic E-state index is 5.29. The number of nitrogens with one attached hydrogen (secondary N) is 1. The van der Waals surface area contributed by atoms with Gasteiger partial charge in [-0.05, 0) is 13.0 Å². The highest BCUT2D eigenvalue weighted by molar-refractivity contribution is 5.16. The van der Waals surface area contributed by atoms with Crippen LogP contribution in [-0.2, 0) is 4.74 Å². The van der Waals surface area contributed by atoms with Gasteiger partial charge in [0.2, 0.25) is 0 Å². The van der Waals surface area contributed by atoms with Crippen molar-refractivity contribution in [3.63, 3.8) is 0 Å². The van der Waals surface area contributed by atoms with Gasteiger partial charge in [-0.25, -0.2) is 0 Å². The zero-order chi connectivity index (χ0) is 16.3. The molecule has 0 aromatic carbocycles. The molecule has 1 rings (SSSR count). The van der Waals surface area contributed by atoms with E-state index in [9.17, 15) is 0 Å².